The van der Waals surface area contributed by atoms with E-state index < -0.39 is 0 Å². The van der Waals surface area contributed by atoms with Gasteiger partial charge in [-0.2, -0.15) is 0 Å². The summed E-state index contributed by atoms with van der Waals surface area (Å²) in [6, 6.07) is 12.8. The summed E-state index contributed by atoms with van der Waals surface area (Å²) in [5.41, 5.74) is 3.14. The van der Waals surface area contributed by atoms with Crippen LogP contribution < -0.4 is 4.90 Å². The molecule has 1 aliphatic heterocycles. The van der Waals surface area contributed by atoms with Crippen molar-refractivity contribution in [2.75, 3.05) is 18.0 Å². The number of hydrogen-bond donors (Lipinski definition) is 0. The summed E-state index contributed by atoms with van der Waals surface area (Å²) in [7, 11) is 0. The highest BCUT2D eigenvalue weighted by atomic mass is 16.2. The number of carbonyl (C=O) groups is 1. The van der Waals surface area contributed by atoms with Crippen LogP contribution in [-0.2, 0) is 0 Å². The maximum Gasteiger partial charge on any atom is 0.254 e. The zero-order valence-electron chi connectivity index (χ0n) is 16.8. The monoisotopic (exact) mass is 365 g/mol. The first-order valence-electron chi connectivity index (χ1n) is 10.2. The van der Waals surface area contributed by atoms with E-state index >= 15 is 0 Å². The molecule has 0 N–H and O–H groups in total. The number of rotatable bonds is 5. The van der Waals surface area contributed by atoms with Crippen LogP contribution in [0.3, 0.4) is 0 Å². The third-order valence-corrected chi connectivity index (χ3v) is 5.51. The van der Waals surface area contributed by atoms with Crippen LogP contribution in [0.25, 0.3) is 0 Å². The Bertz CT molecular complexity index is 727. The van der Waals surface area contributed by atoms with Crippen molar-refractivity contribution in [3.8, 4) is 0 Å². The van der Waals surface area contributed by atoms with Crippen LogP contribution in [0.2, 0.25) is 0 Å². The van der Waals surface area contributed by atoms with Crippen LogP contribution in [0.15, 0.2) is 48.8 Å². The lowest BCUT2D eigenvalue weighted by Gasteiger charge is -2.31. The SMILES string of the molecule is CCN(c1ccc(C(=O)N2CCCCCC2c2ccncc2)cc1)C(C)C. The van der Waals surface area contributed by atoms with Gasteiger partial charge >= 0.3 is 0 Å². The van der Waals surface area contributed by atoms with Crippen molar-refractivity contribution in [3.05, 3.63) is 59.9 Å². The lowest BCUT2D eigenvalue weighted by Crippen LogP contribution is -2.35. The highest BCUT2D eigenvalue weighted by molar-refractivity contribution is 5.95. The van der Waals surface area contributed by atoms with Crippen molar-refractivity contribution in [1.29, 1.82) is 0 Å². The van der Waals surface area contributed by atoms with Gasteiger partial charge in [0, 0.05) is 42.8 Å². The Labute approximate surface area is 163 Å². The van der Waals surface area contributed by atoms with Crippen molar-refractivity contribution in [1.82, 2.24) is 9.88 Å². The lowest BCUT2D eigenvalue weighted by molar-refractivity contribution is 0.0681. The molecule has 2 heterocycles. The van der Waals surface area contributed by atoms with Crippen LogP contribution >= 0.6 is 0 Å². The fourth-order valence-corrected chi connectivity index (χ4v) is 4.09. The van der Waals surface area contributed by atoms with Gasteiger partial charge in [-0.15, -0.1) is 0 Å². The van der Waals surface area contributed by atoms with E-state index in [0.29, 0.717) is 6.04 Å². The van der Waals surface area contributed by atoms with Crippen molar-refractivity contribution in [2.24, 2.45) is 0 Å². The Hall–Kier alpha value is -2.36. The van der Waals surface area contributed by atoms with E-state index in [9.17, 15) is 4.79 Å². The molecule has 1 amide bonds. The van der Waals surface area contributed by atoms with Crippen LogP contribution in [0.4, 0.5) is 5.69 Å². The largest absolute Gasteiger partial charge is 0.369 e. The van der Waals surface area contributed by atoms with E-state index in [1.54, 1.807) is 0 Å². The molecule has 1 saturated heterocycles. The van der Waals surface area contributed by atoms with Gasteiger partial charge < -0.3 is 9.80 Å². The molecule has 1 fully saturated rings. The summed E-state index contributed by atoms with van der Waals surface area (Å²) in [6.07, 6.45) is 8.08. The van der Waals surface area contributed by atoms with Gasteiger partial charge in [0.1, 0.15) is 0 Å². The minimum absolute atomic E-state index is 0.137. The third kappa shape index (κ3) is 4.49. The summed E-state index contributed by atoms with van der Waals surface area (Å²) in [5, 5.41) is 0. The van der Waals surface area contributed by atoms with Gasteiger partial charge in [0.15, 0.2) is 0 Å². The maximum absolute atomic E-state index is 13.3. The molecule has 4 heteroatoms. The van der Waals surface area contributed by atoms with E-state index in [-0.39, 0.29) is 11.9 Å². The normalized spacial score (nSPS) is 17.6. The minimum atomic E-state index is 0.137. The Kier molecular flexibility index (Phi) is 6.49. The van der Waals surface area contributed by atoms with Crippen molar-refractivity contribution >= 4 is 11.6 Å². The quantitative estimate of drug-likeness (QED) is 0.742. The van der Waals surface area contributed by atoms with Crippen LogP contribution in [-0.4, -0.2) is 34.9 Å². The first-order valence-corrected chi connectivity index (χ1v) is 10.2. The summed E-state index contributed by atoms with van der Waals surface area (Å²) in [4.78, 5) is 21.8. The molecule has 3 rings (SSSR count). The number of anilines is 1. The first-order chi connectivity index (χ1) is 13.1. The molecule has 27 heavy (non-hydrogen) atoms. The molecular weight excluding hydrogens is 334 g/mol. The van der Waals surface area contributed by atoms with Gasteiger partial charge in [0.25, 0.3) is 5.91 Å². The fraction of sp³-hybridized carbons (Fsp3) is 0.478. The highest BCUT2D eigenvalue weighted by Crippen LogP contribution is 2.31. The second-order valence-electron chi connectivity index (χ2n) is 7.57. The van der Waals surface area contributed by atoms with E-state index in [1.165, 1.54) is 17.7 Å². The van der Waals surface area contributed by atoms with Gasteiger partial charge in [-0.25, -0.2) is 0 Å². The molecule has 1 aromatic carbocycles. The molecule has 2 aromatic rings. The number of amides is 1. The topological polar surface area (TPSA) is 36.4 Å². The highest BCUT2D eigenvalue weighted by Gasteiger charge is 2.27. The number of nitrogens with zero attached hydrogens (tertiary/aromatic N) is 3. The molecule has 0 aliphatic carbocycles. The molecule has 0 bridgehead atoms. The molecule has 0 radical (unpaired) electrons. The zero-order chi connectivity index (χ0) is 19.2. The second-order valence-corrected chi connectivity index (χ2v) is 7.57. The maximum atomic E-state index is 13.3. The van der Waals surface area contributed by atoms with Gasteiger partial charge in [-0.3, -0.25) is 9.78 Å². The average Bonchev–Trinajstić information content (AvgIpc) is 2.95. The number of pyridine rings is 1. The number of carbonyl (C=O) groups excluding carboxylic acids is 1. The number of likely N-dealkylation sites (tertiary alicyclic amines) is 1. The lowest BCUT2D eigenvalue weighted by atomic mass is 10.0. The standard InChI is InChI=1S/C23H31N3O/c1-4-25(18(2)3)21-11-9-20(10-12-21)23(27)26-17-7-5-6-8-22(26)19-13-15-24-16-14-19/h9-16,18,22H,4-8,17H2,1-3H3. The molecular formula is C23H31N3O. The van der Waals surface area contributed by atoms with E-state index in [4.69, 9.17) is 0 Å². The second kappa shape index (κ2) is 9.03. The fourth-order valence-electron chi connectivity index (χ4n) is 4.09. The number of benzene rings is 1. The van der Waals surface area contributed by atoms with E-state index in [1.807, 2.05) is 36.7 Å². The minimum Gasteiger partial charge on any atom is -0.369 e. The van der Waals surface area contributed by atoms with Crippen molar-refractivity contribution in [3.63, 3.8) is 0 Å². The number of aromatic nitrogens is 1. The number of hydrogen-bond acceptors (Lipinski definition) is 3. The van der Waals surface area contributed by atoms with Crippen LogP contribution in [0.1, 0.15) is 68.4 Å². The molecule has 1 aromatic heterocycles. The molecule has 0 saturated carbocycles. The molecule has 1 unspecified atom stereocenters. The van der Waals surface area contributed by atoms with Gasteiger partial charge in [0.2, 0.25) is 0 Å². The van der Waals surface area contributed by atoms with Crippen molar-refractivity contribution in [2.45, 2.75) is 58.5 Å². The predicted molar refractivity (Wildman–Crippen MR) is 111 cm³/mol. The van der Waals surface area contributed by atoms with Gasteiger partial charge in [0.05, 0.1) is 6.04 Å². The third-order valence-electron chi connectivity index (χ3n) is 5.51. The summed E-state index contributed by atoms with van der Waals surface area (Å²) in [6.45, 7) is 8.33. The smallest absolute Gasteiger partial charge is 0.254 e. The van der Waals surface area contributed by atoms with Crippen LogP contribution in [0.5, 0.6) is 0 Å². The molecule has 0 spiro atoms. The Balaban J connectivity index is 1.84. The van der Waals surface area contributed by atoms with E-state index in [2.05, 4.69) is 47.7 Å². The van der Waals surface area contributed by atoms with Crippen molar-refractivity contribution < 1.29 is 4.79 Å². The summed E-state index contributed by atoms with van der Waals surface area (Å²) >= 11 is 0. The zero-order valence-corrected chi connectivity index (χ0v) is 16.8. The van der Waals surface area contributed by atoms with Gasteiger partial charge in [-0.05, 0) is 75.6 Å². The Morgan fingerprint density at radius 3 is 2.44 bits per heavy atom. The molecule has 144 valence electrons. The molecule has 4 nitrogen and oxygen atoms in total. The average molecular weight is 366 g/mol. The molecule has 1 atom stereocenters. The predicted octanol–water partition coefficient (Wildman–Crippen LogP) is 5.07. The molecule has 1 aliphatic rings. The summed E-state index contributed by atoms with van der Waals surface area (Å²) < 4.78 is 0. The van der Waals surface area contributed by atoms with Crippen LogP contribution in [0, 0.1) is 0 Å². The Morgan fingerprint density at radius 1 is 1.11 bits per heavy atom. The summed E-state index contributed by atoms with van der Waals surface area (Å²) in [5.74, 6) is 0.137. The first kappa shape index (κ1) is 19.4. The van der Waals surface area contributed by atoms with E-state index in [0.717, 1.165) is 37.9 Å². The van der Waals surface area contributed by atoms with Gasteiger partial charge in [-0.1, -0.05) is 12.8 Å². The Morgan fingerprint density at radius 2 is 1.81 bits per heavy atom.